The molecule has 1 aromatic rings. The Morgan fingerprint density at radius 2 is 1.69 bits per heavy atom. The van der Waals surface area contributed by atoms with E-state index >= 15 is 0 Å². The lowest BCUT2D eigenvalue weighted by Gasteiger charge is -2.36. The molecular formula is C25H35N3O. The van der Waals surface area contributed by atoms with Crippen LogP contribution in [0, 0.1) is 17.3 Å². The second kappa shape index (κ2) is 8.23. The summed E-state index contributed by atoms with van der Waals surface area (Å²) in [6.07, 6.45) is 11.0. The van der Waals surface area contributed by atoms with Crippen LogP contribution in [-0.4, -0.2) is 73.0 Å². The van der Waals surface area contributed by atoms with Gasteiger partial charge in [0.1, 0.15) is 0 Å². The minimum atomic E-state index is 0.329. The number of amides is 1. The van der Waals surface area contributed by atoms with Gasteiger partial charge in [-0.25, -0.2) is 0 Å². The van der Waals surface area contributed by atoms with E-state index in [4.69, 9.17) is 0 Å². The van der Waals surface area contributed by atoms with E-state index in [9.17, 15) is 4.79 Å². The van der Waals surface area contributed by atoms with E-state index in [1.54, 1.807) is 0 Å². The SMILES string of the molecule is O=C([C@@H]1CC12CCN(CC1CC1)CC2)N1CCN(C/C=C/c2ccccc2)CC1. The summed E-state index contributed by atoms with van der Waals surface area (Å²) < 4.78 is 0. The number of carbonyl (C=O) groups excluding carboxylic acids is 1. The third kappa shape index (κ3) is 4.59. The van der Waals surface area contributed by atoms with Gasteiger partial charge in [-0.15, -0.1) is 0 Å². The molecule has 2 heterocycles. The Kier molecular flexibility index (Phi) is 5.49. The Labute approximate surface area is 175 Å². The van der Waals surface area contributed by atoms with Crippen LogP contribution in [0.1, 0.15) is 37.7 Å². The number of hydrogen-bond acceptors (Lipinski definition) is 3. The molecule has 2 aliphatic carbocycles. The summed E-state index contributed by atoms with van der Waals surface area (Å²) in [5.41, 5.74) is 1.62. The highest BCUT2D eigenvalue weighted by atomic mass is 16.2. The minimum absolute atomic E-state index is 0.329. The fourth-order valence-corrected chi connectivity index (χ4v) is 5.37. The maximum Gasteiger partial charge on any atom is 0.226 e. The van der Waals surface area contributed by atoms with Gasteiger partial charge in [-0.3, -0.25) is 9.69 Å². The van der Waals surface area contributed by atoms with Crippen LogP contribution < -0.4 is 0 Å². The van der Waals surface area contributed by atoms with Gasteiger partial charge in [-0.2, -0.15) is 0 Å². The van der Waals surface area contributed by atoms with E-state index in [0.717, 1.165) is 45.1 Å². The van der Waals surface area contributed by atoms with E-state index in [0.29, 0.717) is 17.2 Å². The largest absolute Gasteiger partial charge is 0.340 e. The molecule has 29 heavy (non-hydrogen) atoms. The van der Waals surface area contributed by atoms with Crippen molar-refractivity contribution in [2.45, 2.75) is 32.1 Å². The van der Waals surface area contributed by atoms with Gasteiger partial charge in [0.2, 0.25) is 5.91 Å². The molecule has 0 aromatic heterocycles. The molecule has 4 nitrogen and oxygen atoms in total. The van der Waals surface area contributed by atoms with Crippen molar-refractivity contribution in [2.24, 2.45) is 17.3 Å². The van der Waals surface area contributed by atoms with Crippen LogP contribution in [0.3, 0.4) is 0 Å². The molecule has 2 aliphatic heterocycles. The lowest BCUT2D eigenvalue weighted by Crippen LogP contribution is -2.49. The second-order valence-corrected chi connectivity index (χ2v) is 9.80. The van der Waals surface area contributed by atoms with Crippen molar-refractivity contribution in [1.29, 1.82) is 0 Å². The molecule has 4 heteroatoms. The summed E-state index contributed by atoms with van der Waals surface area (Å²) in [5, 5.41) is 0. The summed E-state index contributed by atoms with van der Waals surface area (Å²) >= 11 is 0. The molecule has 0 bridgehead atoms. The van der Waals surface area contributed by atoms with Gasteiger partial charge >= 0.3 is 0 Å². The number of likely N-dealkylation sites (tertiary alicyclic amines) is 1. The Bertz CT molecular complexity index is 726. The molecule has 1 spiro atoms. The molecule has 0 N–H and O–H groups in total. The Hall–Kier alpha value is -1.65. The zero-order valence-electron chi connectivity index (χ0n) is 17.6. The monoisotopic (exact) mass is 393 g/mol. The Balaban J connectivity index is 1.04. The maximum atomic E-state index is 13.1. The number of benzene rings is 1. The quantitative estimate of drug-likeness (QED) is 0.742. The number of nitrogens with zero attached hydrogens (tertiary/aromatic N) is 3. The van der Waals surface area contributed by atoms with Crippen LogP contribution in [0.25, 0.3) is 6.08 Å². The maximum absolute atomic E-state index is 13.1. The van der Waals surface area contributed by atoms with E-state index in [1.165, 1.54) is 50.9 Å². The summed E-state index contributed by atoms with van der Waals surface area (Å²) in [5.74, 6) is 1.77. The Morgan fingerprint density at radius 3 is 2.38 bits per heavy atom. The lowest BCUT2D eigenvalue weighted by atomic mass is 9.90. The average molecular weight is 394 g/mol. The van der Waals surface area contributed by atoms with E-state index in [-0.39, 0.29) is 0 Å². The molecule has 0 radical (unpaired) electrons. The van der Waals surface area contributed by atoms with Gasteiger partial charge < -0.3 is 9.80 Å². The summed E-state index contributed by atoms with van der Waals surface area (Å²) in [6.45, 7) is 8.54. The number of rotatable bonds is 6. The predicted octanol–water partition coefficient (Wildman–Crippen LogP) is 3.36. The zero-order valence-corrected chi connectivity index (χ0v) is 17.6. The van der Waals surface area contributed by atoms with Crippen LogP contribution in [0.15, 0.2) is 36.4 Å². The van der Waals surface area contributed by atoms with E-state index < -0.39 is 0 Å². The van der Waals surface area contributed by atoms with E-state index in [2.05, 4.69) is 57.2 Å². The fourth-order valence-electron chi connectivity index (χ4n) is 5.37. The molecule has 1 aromatic carbocycles. The first-order valence-electron chi connectivity index (χ1n) is 11.7. The standard InChI is InChI=1S/C25H35N3O/c29-24(23-19-25(23)10-13-27(14-11-25)20-22-8-9-22)28-17-15-26(16-18-28)12-4-7-21-5-2-1-3-6-21/h1-7,22-23H,8-20H2/b7-4+/t23-/m0/s1. The first-order chi connectivity index (χ1) is 14.2. The van der Waals surface area contributed by atoms with Crippen LogP contribution >= 0.6 is 0 Å². The van der Waals surface area contributed by atoms with Gasteiger partial charge in [-0.05, 0) is 62.1 Å². The lowest BCUT2D eigenvalue weighted by molar-refractivity contribution is -0.135. The van der Waals surface area contributed by atoms with E-state index in [1.807, 2.05) is 0 Å². The Morgan fingerprint density at radius 1 is 0.966 bits per heavy atom. The van der Waals surface area contributed by atoms with Crippen molar-refractivity contribution in [2.75, 3.05) is 52.4 Å². The number of carbonyl (C=O) groups is 1. The summed E-state index contributed by atoms with van der Waals surface area (Å²) in [7, 11) is 0. The van der Waals surface area contributed by atoms with Crippen LogP contribution in [0.2, 0.25) is 0 Å². The molecule has 1 amide bonds. The molecule has 4 aliphatic rings. The molecule has 0 unspecified atom stereocenters. The van der Waals surface area contributed by atoms with Crippen LogP contribution in [0.4, 0.5) is 0 Å². The van der Waals surface area contributed by atoms with Gasteiger partial charge in [0.05, 0.1) is 0 Å². The first-order valence-corrected chi connectivity index (χ1v) is 11.7. The first kappa shape index (κ1) is 19.3. The number of piperazine rings is 1. The molecule has 4 fully saturated rings. The number of piperidine rings is 1. The smallest absolute Gasteiger partial charge is 0.226 e. The molecule has 156 valence electrons. The van der Waals surface area contributed by atoms with Gasteiger partial charge in [0.15, 0.2) is 0 Å². The normalized spacial score (nSPS) is 27.6. The highest BCUT2D eigenvalue weighted by molar-refractivity contribution is 5.83. The molecule has 1 atom stereocenters. The van der Waals surface area contributed by atoms with Gasteiger partial charge in [0.25, 0.3) is 0 Å². The highest BCUT2D eigenvalue weighted by Crippen LogP contribution is 2.60. The average Bonchev–Trinajstić information content (AvgIpc) is 3.68. The minimum Gasteiger partial charge on any atom is -0.340 e. The zero-order chi connectivity index (χ0) is 19.7. The molecule has 2 saturated heterocycles. The van der Waals surface area contributed by atoms with Crippen LogP contribution in [-0.2, 0) is 4.79 Å². The molecular weight excluding hydrogens is 358 g/mol. The predicted molar refractivity (Wildman–Crippen MR) is 117 cm³/mol. The van der Waals surface area contributed by atoms with Crippen molar-refractivity contribution >= 4 is 12.0 Å². The second-order valence-electron chi connectivity index (χ2n) is 9.80. The molecule has 2 saturated carbocycles. The third-order valence-corrected chi connectivity index (χ3v) is 7.71. The van der Waals surface area contributed by atoms with Crippen molar-refractivity contribution in [3.63, 3.8) is 0 Å². The van der Waals surface area contributed by atoms with Crippen molar-refractivity contribution in [3.8, 4) is 0 Å². The van der Waals surface area contributed by atoms with Gasteiger partial charge in [-0.1, -0.05) is 42.5 Å². The fraction of sp³-hybridized carbons (Fsp3) is 0.640. The van der Waals surface area contributed by atoms with Crippen LogP contribution in [0.5, 0.6) is 0 Å². The topological polar surface area (TPSA) is 26.8 Å². The highest BCUT2D eigenvalue weighted by Gasteiger charge is 2.59. The van der Waals surface area contributed by atoms with Crippen molar-refractivity contribution < 1.29 is 4.79 Å². The van der Waals surface area contributed by atoms with Crippen molar-refractivity contribution in [3.05, 3.63) is 42.0 Å². The van der Waals surface area contributed by atoms with Gasteiger partial charge in [0, 0.05) is 45.2 Å². The van der Waals surface area contributed by atoms with Crippen molar-refractivity contribution in [1.82, 2.24) is 14.7 Å². The summed E-state index contributed by atoms with van der Waals surface area (Å²) in [6, 6.07) is 10.5. The summed E-state index contributed by atoms with van der Waals surface area (Å²) in [4.78, 5) is 20.4. The third-order valence-electron chi connectivity index (χ3n) is 7.71. The number of hydrogen-bond donors (Lipinski definition) is 0. The molecule has 5 rings (SSSR count).